The maximum Gasteiger partial charge on any atom is 0.317 e. The van der Waals surface area contributed by atoms with Gasteiger partial charge in [0.05, 0.1) is 6.20 Å². The Bertz CT molecular complexity index is 1030. The minimum absolute atomic E-state index is 0.0137. The standard InChI is InChI=1S/C25H36N8O2/c1-31(2)25(35)29-20-5-4-12-33(16-20)21-15-27-22(23(26)34)24(30-21)28-19-8-6-17(7-9-19)18-10-13-32(3)14-11-18/h6-9,15,18,20H,4-5,10-14,16H2,1-3H3,(H2,26,34)(H,28,30)(H,29,35). The Labute approximate surface area is 206 Å². The molecule has 188 valence electrons. The first-order chi connectivity index (χ1) is 16.8. The Kier molecular flexibility index (Phi) is 7.70. The Hall–Kier alpha value is -3.40. The SMILES string of the molecule is CN1CCC(c2ccc(Nc3nc(N4CCCC(NC(=O)N(C)C)C4)cnc3C(N)=O)cc2)CC1. The fourth-order valence-electron chi connectivity index (χ4n) is 4.72. The van der Waals surface area contributed by atoms with Crippen LogP contribution in [0, 0.1) is 0 Å². The number of piperidine rings is 2. The molecule has 0 bridgehead atoms. The van der Waals surface area contributed by atoms with Gasteiger partial charge in [0.2, 0.25) is 0 Å². The van der Waals surface area contributed by atoms with Gasteiger partial charge in [-0.15, -0.1) is 0 Å². The zero-order valence-corrected chi connectivity index (χ0v) is 20.8. The fraction of sp³-hybridized carbons (Fsp3) is 0.520. The maximum atomic E-state index is 12.1. The van der Waals surface area contributed by atoms with E-state index in [1.54, 1.807) is 20.3 Å². The molecule has 2 saturated heterocycles. The number of amides is 3. The number of rotatable bonds is 6. The van der Waals surface area contributed by atoms with Crippen LogP contribution in [0.25, 0.3) is 0 Å². The van der Waals surface area contributed by atoms with Crippen molar-refractivity contribution < 1.29 is 9.59 Å². The number of nitrogens with two attached hydrogens (primary N) is 1. The summed E-state index contributed by atoms with van der Waals surface area (Å²) in [4.78, 5) is 39.1. The van der Waals surface area contributed by atoms with Crippen molar-refractivity contribution in [3.63, 3.8) is 0 Å². The molecule has 1 aromatic heterocycles. The number of primary amides is 1. The number of benzene rings is 1. The van der Waals surface area contributed by atoms with Crippen molar-refractivity contribution in [3.05, 3.63) is 41.7 Å². The first-order valence-corrected chi connectivity index (χ1v) is 12.3. The molecule has 0 saturated carbocycles. The molecule has 4 N–H and O–H groups in total. The monoisotopic (exact) mass is 480 g/mol. The molecule has 3 amide bonds. The summed E-state index contributed by atoms with van der Waals surface area (Å²) in [5, 5.41) is 6.28. The number of nitrogens with one attached hydrogen (secondary N) is 2. The van der Waals surface area contributed by atoms with Crippen LogP contribution in [-0.4, -0.2) is 85.1 Å². The van der Waals surface area contributed by atoms with Crippen molar-refractivity contribution in [2.75, 3.05) is 57.5 Å². The van der Waals surface area contributed by atoms with Crippen molar-refractivity contribution in [2.24, 2.45) is 5.73 Å². The van der Waals surface area contributed by atoms with Gasteiger partial charge in [0.15, 0.2) is 11.5 Å². The van der Waals surface area contributed by atoms with E-state index in [1.165, 1.54) is 10.5 Å². The molecule has 0 spiro atoms. The molecule has 4 rings (SSSR count). The second-order valence-corrected chi connectivity index (χ2v) is 9.74. The highest BCUT2D eigenvalue weighted by Crippen LogP contribution is 2.29. The van der Waals surface area contributed by atoms with Gasteiger partial charge in [0, 0.05) is 38.9 Å². The Morgan fingerprint density at radius 2 is 1.80 bits per heavy atom. The van der Waals surface area contributed by atoms with E-state index in [2.05, 4.69) is 44.6 Å². The van der Waals surface area contributed by atoms with Crippen LogP contribution < -0.4 is 21.3 Å². The zero-order chi connectivity index (χ0) is 24.9. The maximum absolute atomic E-state index is 12.1. The van der Waals surface area contributed by atoms with E-state index in [1.807, 2.05) is 12.1 Å². The summed E-state index contributed by atoms with van der Waals surface area (Å²) < 4.78 is 0. The van der Waals surface area contributed by atoms with Gasteiger partial charge >= 0.3 is 6.03 Å². The van der Waals surface area contributed by atoms with Gasteiger partial charge in [-0.25, -0.2) is 14.8 Å². The number of likely N-dealkylation sites (tertiary alicyclic amines) is 1. The molecule has 1 aromatic carbocycles. The quantitative estimate of drug-likeness (QED) is 0.581. The predicted octanol–water partition coefficient (Wildman–Crippen LogP) is 2.37. The van der Waals surface area contributed by atoms with Gasteiger partial charge in [-0.05, 0) is 69.4 Å². The molecule has 3 heterocycles. The Morgan fingerprint density at radius 3 is 2.46 bits per heavy atom. The van der Waals surface area contributed by atoms with E-state index in [9.17, 15) is 9.59 Å². The van der Waals surface area contributed by atoms with E-state index in [0.29, 0.717) is 24.1 Å². The van der Waals surface area contributed by atoms with Crippen molar-refractivity contribution in [3.8, 4) is 0 Å². The third-order valence-corrected chi connectivity index (χ3v) is 6.84. The molecular weight excluding hydrogens is 444 g/mol. The van der Waals surface area contributed by atoms with Gasteiger partial charge in [0.1, 0.15) is 5.82 Å². The van der Waals surface area contributed by atoms with Crippen LogP contribution in [0.3, 0.4) is 0 Å². The van der Waals surface area contributed by atoms with Crippen LogP contribution in [0.4, 0.5) is 22.1 Å². The summed E-state index contributed by atoms with van der Waals surface area (Å²) in [5.41, 5.74) is 7.84. The van der Waals surface area contributed by atoms with Crippen LogP contribution in [0.15, 0.2) is 30.5 Å². The minimum atomic E-state index is -0.635. The van der Waals surface area contributed by atoms with Crippen molar-refractivity contribution in [2.45, 2.75) is 37.6 Å². The molecule has 1 atom stereocenters. The van der Waals surface area contributed by atoms with Crippen LogP contribution >= 0.6 is 0 Å². The number of aromatic nitrogens is 2. The summed E-state index contributed by atoms with van der Waals surface area (Å²) in [7, 11) is 5.61. The van der Waals surface area contributed by atoms with Crippen LogP contribution in [0.5, 0.6) is 0 Å². The minimum Gasteiger partial charge on any atom is -0.364 e. The molecule has 2 aromatic rings. The lowest BCUT2D eigenvalue weighted by Gasteiger charge is -2.34. The van der Waals surface area contributed by atoms with Gasteiger partial charge in [-0.2, -0.15) is 0 Å². The van der Waals surface area contributed by atoms with Crippen LogP contribution in [-0.2, 0) is 0 Å². The average molecular weight is 481 g/mol. The largest absolute Gasteiger partial charge is 0.364 e. The second kappa shape index (κ2) is 10.9. The number of hydrogen-bond acceptors (Lipinski definition) is 7. The van der Waals surface area contributed by atoms with Crippen molar-refractivity contribution in [1.82, 2.24) is 25.1 Å². The first-order valence-electron chi connectivity index (χ1n) is 12.3. The van der Waals surface area contributed by atoms with E-state index in [4.69, 9.17) is 10.7 Å². The summed E-state index contributed by atoms with van der Waals surface area (Å²) in [6.45, 7) is 3.65. The molecule has 10 nitrogen and oxygen atoms in total. The molecule has 2 aliphatic heterocycles. The summed E-state index contributed by atoms with van der Waals surface area (Å²) in [5.74, 6) is 0.916. The van der Waals surface area contributed by atoms with E-state index in [-0.39, 0.29) is 17.8 Å². The molecule has 35 heavy (non-hydrogen) atoms. The third kappa shape index (κ3) is 6.19. The fourth-order valence-corrected chi connectivity index (χ4v) is 4.72. The third-order valence-electron chi connectivity index (χ3n) is 6.84. The lowest BCUT2D eigenvalue weighted by molar-refractivity contribution is 0.0996. The molecule has 0 aliphatic carbocycles. The highest BCUT2D eigenvalue weighted by Gasteiger charge is 2.25. The average Bonchev–Trinajstić information content (AvgIpc) is 2.85. The molecular formula is C25H36N8O2. The predicted molar refractivity (Wildman–Crippen MR) is 137 cm³/mol. The zero-order valence-electron chi connectivity index (χ0n) is 20.8. The number of anilines is 3. The number of nitrogens with zero attached hydrogens (tertiary/aromatic N) is 5. The molecule has 10 heteroatoms. The topological polar surface area (TPSA) is 120 Å². The van der Waals surface area contributed by atoms with Gasteiger partial charge in [-0.1, -0.05) is 12.1 Å². The van der Waals surface area contributed by atoms with Crippen molar-refractivity contribution >= 4 is 29.3 Å². The van der Waals surface area contributed by atoms with Crippen molar-refractivity contribution in [1.29, 1.82) is 0 Å². The lowest BCUT2D eigenvalue weighted by Crippen LogP contribution is -2.50. The summed E-state index contributed by atoms with van der Waals surface area (Å²) >= 11 is 0. The summed E-state index contributed by atoms with van der Waals surface area (Å²) in [6.07, 6.45) is 5.71. The Balaban J connectivity index is 1.48. The van der Waals surface area contributed by atoms with Gasteiger partial charge in [-0.3, -0.25) is 4.79 Å². The number of carbonyl (C=O) groups is 2. The Morgan fingerprint density at radius 1 is 1.09 bits per heavy atom. The summed E-state index contributed by atoms with van der Waals surface area (Å²) in [6, 6.07) is 8.21. The smallest absolute Gasteiger partial charge is 0.317 e. The number of urea groups is 1. The van der Waals surface area contributed by atoms with Gasteiger partial charge in [0.25, 0.3) is 5.91 Å². The van der Waals surface area contributed by atoms with Crippen LogP contribution in [0.1, 0.15) is 47.7 Å². The first kappa shape index (κ1) is 24.7. The highest BCUT2D eigenvalue weighted by molar-refractivity contribution is 5.96. The van der Waals surface area contributed by atoms with Crippen LogP contribution in [0.2, 0.25) is 0 Å². The molecule has 1 unspecified atom stereocenters. The lowest BCUT2D eigenvalue weighted by atomic mass is 9.89. The second-order valence-electron chi connectivity index (χ2n) is 9.74. The normalized spacial score (nSPS) is 19.3. The van der Waals surface area contributed by atoms with Gasteiger partial charge < -0.3 is 31.1 Å². The molecule has 2 fully saturated rings. The van der Waals surface area contributed by atoms with E-state index < -0.39 is 5.91 Å². The highest BCUT2D eigenvalue weighted by atomic mass is 16.2. The van der Waals surface area contributed by atoms with E-state index in [0.717, 1.165) is 51.0 Å². The van der Waals surface area contributed by atoms with E-state index >= 15 is 0 Å². The molecule has 0 radical (unpaired) electrons. The number of hydrogen-bond donors (Lipinski definition) is 3. The number of carbonyl (C=O) groups excluding carboxylic acids is 2. The molecule has 2 aliphatic rings.